The van der Waals surface area contributed by atoms with Gasteiger partial charge in [-0.15, -0.1) is 0 Å². The lowest BCUT2D eigenvalue weighted by atomic mass is 10.1. The van der Waals surface area contributed by atoms with Gasteiger partial charge in [0.25, 0.3) is 11.5 Å². The SMILES string of the molecule is [C-]#[N+]c1c(N)c2c(n1-c1ccc(Oc3cccc([N+](=O)[O-])c3)cc1)COC2C. The Labute approximate surface area is 160 Å². The van der Waals surface area contributed by atoms with Crippen molar-refractivity contribution in [3.05, 3.63) is 81.3 Å². The molecule has 0 fully saturated rings. The zero-order chi connectivity index (χ0) is 19.8. The number of hydrogen-bond donors (Lipinski definition) is 1. The molecule has 8 heteroatoms. The molecule has 1 aliphatic heterocycles. The lowest BCUT2D eigenvalue weighted by Gasteiger charge is -2.09. The molecule has 0 amide bonds. The first kappa shape index (κ1) is 17.6. The van der Waals surface area contributed by atoms with Crippen LogP contribution in [0.3, 0.4) is 0 Å². The van der Waals surface area contributed by atoms with Crippen molar-refractivity contribution < 1.29 is 14.4 Å². The van der Waals surface area contributed by atoms with Crippen LogP contribution in [0.5, 0.6) is 11.5 Å². The van der Waals surface area contributed by atoms with Crippen molar-refractivity contribution in [3.8, 4) is 17.2 Å². The number of nitro benzene ring substituents is 1. The Morgan fingerprint density at radius 3 is 2.71 bits per heavy atom. The second-order valence-electron chi connectivity index (χ2n) is 6.35. The summed E-state index contributed by atoms with van der Waals surface area (Å²) in [5, 5.41) is 10.9. The van der Waals surface area contributed by atoms with Gasteiger partial charge in [-0.05, 0) is 37.3 Å². The highest BCUT2D eigenvalue weighted by molar-refractivity contribution is 5.75. The maximum Gasteiger partial charge on any atom is 0.273 e. The van der Waals surface area contributed by atoms with E-state index in [1.165, 1.54) is 12.1 Å². The number of rotatable bonds is 4. The Kier molecular flexibility index (Phi) is 4.22. The molecule has 0 spiro atoms. The number of anilines is 1. The van der Waals surface area contributed by atoms with Gasteiger partial charge in [0, 0.05) is 11.6 Å². The van der Waals surface area contributed by atoms with Crippen LogP contribution in [0.4, 0.5) is 17.2 Å². The maximum atomic E-state index is 10.9. The van der Waals surface area contributed by atoms with Crippen LogP contribution in [0.25, 0.3) is 10.5 Å². The summed E-state index contributed by atoms with van der Waals surface area (Å²) < 4.78 is 13.2. The molecule has 8 nitrogen and oxygen atoms in total. The van der Waals surface area contributed by atoms with E-state index in [-0.39, 0.29) is 11.8 Å². The van der Waals surface area contributed by atoms with Crippen LogP contribution >= 0.6 is 0 Å². The van der Waals surface area contributed by atoms with Crippen molar-refractivity contribution in [1.82, 2.24) is 4.57 Å². The quantitative estimate of drug-likeness (QED) is 0.397. The Hall–Kier alpha value is -3.83. The fourth-order valence-electron chi connectivity index (χ4n) is 3.38. The minimum absolute atomic E-state index is 0.0386. The number of hydrogen-bond acceptors (Lipinski definition) is 5. The van der Waals surface area contributed by atoms with Gasteiger partial charge in [-0.3, -0.25) is 14.7 Å². The fraction of sp³-hybridized carbons (Fsp3) is 0.150. The van der Waals surface area contributed by atoms with E-state index in [2.05, 4.69) is 4.85 Å². The molecule has 1 aromatic heterocycles. The average Bonchev–Trinajstić information content (AvgIpc) is 3.20. The Balaban J connectivity index is 1.66. The summed E-state index contributed by atoms with van der Waals surface area (Å²) in [6.07, 6.45) is -0.145. The maximum absolute atomic E-state index is 10.9. The van der Waals surface area contributed by atoms with Crippen LogP contribution < -0.4 is 10.5 Å². The predicted molar refractivity (Wildman–Crippen MR) is 103 cm³/mol. The van der Waals surface area contributed by atoms with Gasteiger partial charge in [0.05, 0.1) is 22.8 Å². The molecule has 0 saturated heterocycles. The number of nitrogens with two attached hydrogens (primary N) is 1. The van der Waals surface area contributed by atoms with Crippen molar-refractivity contribution in [2.45, 2.75) is 19.6 Å². The number of benzene rings is 2. The summed E-state index contributed by atoms with van der Waals surface area (Å²) >= 11 is 0. The minimum atomic E-state index is -0.470. The zero-order valence-electron chi connectivity index (χ0n) is 15.0. The van der Waals surface area contributed by atoms with E-state index in [1.807, 2.05) is 19.1 Å². The lowest BCUT2D eigenvalue weighted by molar-refractivity contribution is -0.384. The third-order valence-corrected chi connectivity index (χ3v) is 4.67. The van der Waals surface area contributed by atoms with Gasteiger partial charge in [-0.2, -0.15) is 0 Å². The van der Waals surface area contributed by atoms with E-state index in [9.17, 15) is 10.1 Å². The topological polar surface area (TPSA) is 96.9 Å². The van der Waals surface area contributed by atoms with Crippen molar-refractivity contribution in [2.75, 3.05) is 5.73 Å². The number of fused-ring (bicyclic) bond motifs is 1. The standard InChI is InChI=1S/C20H16N4O4/c1-12-18-17(11-27-12)23(20(22-2)19(18)21)13-6-8-15(9-7-13)28-16-5-3-4-14(10-16)24(25)26/h3-10,12H,11,21H2,1H3. The molecule has 3 aromatic rings. The van der Waals surface area contributed by atoms with Gasteiger partial charge < -0.3 is 20.1 Å². The summed E-state index contributed by atoms with van der Waals surface area (Å²) in [5.41, 5.74) is 9.09. The number of nitro groups is 1. The zero-order valence-corrected chi connectivity index (χ0v) is 15.0. The van der Waals surface area contributed by atoms with E-state index >= 15 is 0 Å². The second-order valence-corrected chi connectivity index (χ2v) is 6.35. The van der Waals surface area contributed by atoms with Crippen LogP contribution in [-0.4, -0.2) is 9.49 Å². The molecule has 2 heterocycles. The van der Waals surface area contributed by atoms with Crippen molar-refractivity contribution in [2.24, 2.45) is 0 Å². The number of non-ortho nitro benzene ring substituents is 1. The number of nitrogen functional groups attached to an aromatic ring is 1. The first-order valence-electron chi connectivity index (χ1n) is 8.54. The summed E-state index contributed by atoms with van der Waals surface area (Å²) in [7, 11) is 0. The molecule has 1 atom stereocenters. The normalized spacial score (nSPS) is 15.1. The molecular formula is C20H16N4O4. The van der Waals surface area contributed by atoms with E-state index < -0.39 is 4.92 Å². The van der Waals surface area contributed by atoms with Gasteiger partial charge in [-0.1, -0.05) is 12.6 Å². The van der Waals surface area contributed by atoms with Crippen LogP contribution in [0.2, 0.25) is 0 Å². The Bertz CT molecular complexity index is 1110. The smallest absolute Gasteiger partial charge is 0.273 e. The highest BCUT2D eigenvalue weighted by atomic mass is 16.6. The van der Waals surface area contributed by atoms with Crippen molar-refractivity contribution in [3.63, 3.8) is 0 Å². The second kappa shape index (κ2) is 6.72. The molecule has 140 valence electrons. The molecule has 4 rings (SSSR count). The average molecular weight is 376 g/mol. The van der Waals surface area contributed by atoms with Gasteiger partial charge in [0.15, 0.2) is 0 Å². The predicted octanol–water partition coefficient (Wildman–Crippen LogP) is 4.90. The van der Waals surface area contributed by atoms with Gasteiger partial charge in [-0.25, -0.2) is 0 Å². The summed E-state index contributed by atoms with van der Waals surface area (Å²) in [6.45, 7) is 9.80. The highest BCUT2D eigenvalue weighted by Crippen LogP contribution is 2.44. The van der Waals surface area contributed by atoms with Crippen molar-refractivity contribution >= 4 is 17.2 Å². The van der Waals surface area contributed by atoms with Crippen LogP contribution in [0, 0.1) is 16.7 Å². The first-order valence-corrected chi connectivity index (χ1v) is 8.54. The van der Waals surface area contributed by atoms with Gasteiger partial charge in [0.1, 0.15) is 29.5 Å². The van der Waals surface area contributed by atoms with Crippen LogP contribution in [-0.2, 0) is 11.3 Å². The van der Waals surface area contributed by atoms with Crippen molar-refractivity contribution in [1.29, 1.82) is 0 Å². The highest BCUT2D eigenvalue weighted by Gasteiger charge is 2.33. The lowest BCUT2D eigenvalue weighted by Crippen LogP contribution is -1.99. The van der Waals surface area contributed by atoms with E-state index in [1.54, 1.807) is 28.8 Å². The number of ether oxygens (including phenoxy) is 2. The number of nitrogens with zero attached hydrogens (tertiary/aromatic N) is 3. The first-order chi connectivity index (χ1) is 13.5. The molecule has 1 aliphatic rings. The van der Waals surface area contributed by atoms with Crippen LogP contribution in [0.15, 0.2) is 48.5 Å². The van der Waals surface area contributed by atoms with Crippen LogP contribution in [0.1, 0.15) is 24.3 Å². The largest absolute Gasteiger partial charge is 0.457 e. The third-order valence-electron chi connectivity index (χ3n) is 4.67. The summed E-state index contributed by atoms with van der Waals surface area (Å²) in [5.74, 6) is 1.26. The van der Waals surface area contributed by atoms with E-state index in [0.29, 0.717) is 29.6 Å². The summed E-state index contributed by atoms with van der Waals surface area (Å²) in [6, 6.07) is 13.1. The molecule has 1 unspecified atom stereocenters. The molecule has 0 bridgehead atoms. The van der Waals surface area contributed by atoms with E-state index in [0.717, 1.165) is 16.9 Å². The molecule has 0 radical (unpaired) electrons. The fourth-order valence-corrected chi connectivity index (χ4v) is 3.38. The number of aromatic nitrogens is 1. The molecule has 2 N–H and O–H groups in total. The monoisotopic (exact) mass is 376 g/mol. The Morgan fingerprint density at radius 1 is 1.29 bits per heavy atom. The molecule has 0 aliphatic carbocycles. The summed E-state index contributed by atoms with van der Waals surface area (Å²) in [4.78, 5) is 14.0. The van der Waals surface area contributed by atoms with E-state index in [4.69, 9.17) is 21.8 Å². The third kappa shape index (κ3) is 2.84. The molecular weight excluding hydrogens is 360 g/mol. The van der Waals surface area contributed by atoms with Gasteiger partial charge >= 0.3 is 0 Å². The molecule has 2 aromatic carbocycles. The van der Waals surface area contributed by atoms with Gasteiger partial charge in [0.2, 0.25) is 0 Å². The minimum Gasteiger partial charge on any atom is -0.457 e. The molecule has 0 saturated carbocycles. The molecule has 28 heavy (non-hydrogen) atoms. The Morgan fingerprint density at radius 2 is 2.04 bits per heavy atom.